The van der Waals surface area contributed by atoms with Crippen molar-refractivity contribution in [2.75, 3.05) is 46.6 Å². The fourth-order valence-corrected chi connectivity index (χ4v) is 3.85. The molecule has 1 heterocycles. The minimum atomic E-state index is -0.282. The fraction of sp³-hybridized carbons (Fsp3) is 0.630. The van der Waals surface area contributed by atoms with E-state index in [1.165, 1.54) is 32.8 Å². The lowest BCUT2D eigenvalue weighted by Crippen LogP contribution is -2.38. The molecule has 0 aliphatic carbocycles. The van der Waals surface area contributed by atoms with E-state index in [2.05, 4.69) is 22.6 Å². The lowest BCUT2D eigenvalue weighted by molar-refractivity contribution is -0.140. The second kappa shape index (κ2) is 16.4. The molecule has 184 valence electrons. The predicted molar refractivity (Wildman–Crippen MR) is 132 cm³/mol. The van der Waals surface area contributed by atoms with E-state index in [4.69, 9.17) is 9.47 Å². The molecule has 0 atom stereocenters. The molecule has 1 aromatic carbocycles. The first-order valence-corrected chi connectivity index (χ1v) is 12.5. The molecule has 1 aromatic rings. The quantitative estimate of drug-likeness (QED) is 0.190. The zero-order chi connectivity index (χ0) is 23.7. The van der Waals surface area contributed by atoms with Gasteiger partial charge in [0.2, 0.25) is 0 Å². The largest absolute Gasteiger partial charge is 0.492 e. The van der Waals surface area contributed by atoms with Crippen molar-refractivity contribution in [3.05, 3.63) is 35.4 Å². The highest BCUT2D eigenvalue weighted by Crippen LogP contribution is 2.22. The van der Waals surface area contributed by atoms with Crippen LogP contribution in [0.1, 0.15) is 80.6 Å². The highest BCUT2D eigenvalue weighted by atomic mass is 16.5. The Hall–Kier alpha value is -2.18. The molecule has 2 rings (SSSR count). The maximum Gasteiger partial charge on any atom is 0.305 e. The van der Waals surface area contributed by atoms with Gasteiger partial charge in [0.25, 0.3) is 0 Å². The number of benzene rings is 1. The van der Waals surface area contributed by atoms with Crippen molar-refractivity contribution < 1.29 is 23.8 Å². The van der Waals surface area contributed by atoms with Crippen LogP contribution in [0.3, 0.4) is 0 Å². The number of methoxy groups -OCH3 is 1. The van der Waals surface area contributed by atoms with Gasteiger partial charge in [0.05, 0.1) is 20.3 Å². The van der Waals surface area contributed by atoms with Crippen LogP contribution >= 0.6 is 0 Å². The van der Waals surface area contributed by atoms with E-state index in [1.54, 1.807) is 0 Å². The first-order chi connectivity index (χ1) is 16.1. The molecule has 0 N–H and O–H groups in total. The molecule has 0 radical (unpaired) electrons. The molecule has 33 heavy (non-hydrogen) atoms. The normalized spacial score (nSPS) is 14.5. The highest BCUT2D eigenvalue weighted by Gasteiger charge is 2.13. The van der Waals surface area contributed by atoms with Crippen LogP contribution < -0.4 is 4.74 Å². The van der Waals surface area contributed by atoms with Crippen LogP contribution in [0.2, 0.25) is 0 Å². The summed E-state index contributed by atoms with van der Waals surface area (Å²) in [4.78, 5) is 26.5. The molecule has 1 fully saturated rings. The van der Waals surface area contributed by atoms with Crippen LogP contribution in [0, 0.1) is 0 Å². The Morgan fingerprint density at radius 1 is 1.06 bits per heavy atom. The van der Waals surface area contributed by atoms with Gasteiger partial charge in [-0.1, -0.05) is 44.8 Å². The summed E-state index contributed by atoms with van der Waals surface area (Å²) in [6.07, 6.45) is 12.5. The van der Waals surface area contributed by atoms with Gasteiger partial charge in [0, 0.05) is 38.0 Å². The smallest absolute Gasteiger partial charge is 0.305 e. The monoisotopic (exact) mass is 459 g/mol. The molecule has 0 spiro atoms. The number of Topliss-reactive ketones (excluding diaryl/α,β-unsaturated/α-hetero) is 1. The molecule has 0 bridgehead atoms. The predicted octanol–water partition coefficient (Wildman–Crippen LogP) is 5.30. The second-order valence-electron chi connectivity index (χ2n) is 8.51. The summed E-state index contributed by atoms with van der Waals surface area (Å²) in [5, 5.41) is 0. The summed E-state index contributed by atoms with van der Waals surface area (Å²) in [6.45, 7) is 7.12. The van der Waals surface area contributed by atoms with Gasteiger partial charge >= 0.3 is 5.97 Å². The Kier molecular flexibility index (Phi) is 13.5. The minimum absolute atomic E-state index is 0.0429. The lowest BCUT2D eigenvalue weighted by Gasteiger charge is -2.26. The SMILES string of the molecule is CCCCCCC/C=C/c1cc(OCCN2CCOCC2)ccc1C(=O)CCCC(=O)OC. The molecule has 0 aromatic heterocycles. The van der Waals surface area contributed by atoms with Gasteiger partial charge in [-0.15, -0.1) is 0 Å². The van der Waals surface area contributed by atoms with Gasteiger partial charge in [0.15, 0.2) is 5.78 Å². The Bertz CT molecular complexity index is 740. The molecule has 0 unspecified atom stereocenters. The van der Waals surface area contributed by atoms with Crippen molar-refractivity contribution >= 4 is 17.8 Å². The third-order valence-electron chi connectivity index (χ3n) is 5.89. The number of nitrogens with zero attached hydrogens (tertiary/aromatic N) is 1. The number of esters is 1. The summed E-state index contributed by atoms with van der Waals surface area (Å²) in [5.74, 6) is 0.535. The Balaban J connectivity index is 1.96. The van der Waals surface area contributed by atoms with Crippen LogP contribution in [0.4, 0.5) is 0 Å². The van der Waals surface area contributed by atoms with Crippen molar-refractivity contribution in [3.8, 4) is 5.75 Å². The van der Waals surface area contributed by atoms with Crippen molar-refractivity contribution in [3.63, 3.8) is 0 Å². The zero-order valence-electron chi connectivity index (χ0n) is 20.5. The van der Waals surface area contributed by atoms with E-state index in [9.17, 15) is 9.59 Å². The Morgan fingerprint density at radius 3 is 2.61 bits per heavy atom. The van der Waals surface area contributed by atoms with Crippen molar-refractivity contribution in [1.29, 1.82) is 0 Å². The first-order valence-electron chi connectivity index (χ1n) is 12.5. The summed E-state index contributed by atoms with van der Waals surface area (Å²) < 4.78 is 16.1. The van der Waals surface area contributed by atoms with Crippen LogP contribution in [0.15, 0.2) is 24.3 Å². The third kappa shape index (κ3) is 11.0. The van der Waals surface area contributed by atoms with Gasteiger partial charge in [-0.3, -0.25) is 14.5 Å². The molecule has 1 aliphatic heterocycles. The number of allylic oxidation sites excluding steroid dienone is 1. The fourth-order valence-electron chi connectivity index (χ4n) is 3.85. The number of ether oxygens (including phenoxy) is 3. The average molecular weight is 460 g/mol. The molecule has 1 aliphatic rings. The molecular formula is C27H41NO5. The molecular weight excluding hydrogens is 418 g/mol. The number of morpholine rings is 1. The number of unbranched alkanes of at least 4 members (excludes halogenated alkanes) is 5. The number of hydrogen-bond donors (Lipinski definition) is 0. The number of ketones is 1. The van der Waals surface area contributed by atoms with E-state index >= 15 is 0 Å². The van der Waals surface area contributed by atoms with Crippen molar-refractivity contribution in [1.82, 2.24) is 4.90 Å². The van der Waals surface area contributed by atoms with E-state index in [0.717, 1.165) is 57.0 Å². The van der Waals surface area contributed by atoms with Crippen LogP contribution in [-0.2, 0) is 14.3 Å². The van der Waals surface area contributed by atoms with E-state index < -0.39 is 0 Å². The van der Waals surface area contributed by atoms with Gasteiger partial charge in [-0.05, 0) is 43.0 Å². The van der Waals surface area contributed by atoms with Gasteiger partial charge in [-0.25, -0.2) is 0 Å². The number of rotatable bonds is 16. The van der Waals surface area contributed by atoms with Crippen molar-refractivity contribution in [2.24, 2.45) is 0 Å². The van der Waals surface area contributed by atoms with Gasteiger partial charge in [-0.2, -0.15) is 0 Å². The summed E-state index contributed by atoms with van der Waals surface area (Å²) in [5.41, 5.74) is 1.57. The van der Waals surface area contributed by atoms with E-state index in [0.29, 0.717) is 25.0 Å². The summed E-state index contributed by atoms with van der Waals surface area (Å²) in [7, 11) is 1.37. The van der Waals surface area contributed by atoms with Crippen LogP contribution in [0.5, 0.6) is 5.75 Å². The first kappa shape index (κ1) is 27.1. The molecule has 0 amide bonds. The maximum absolute atomic E-state index is 12.8. The van der Waals surface area contributed by atoms with E-state index in [1.807, 2.05) is 24.3 Å². The third-order valence-corrected chi connectivity index (χ3v) is 5.89. The van der Waals surface area contributed by atoms with Crippen LogP contribution in [-0.4, -0.2) is 63.2 Å². The molecule has 6 heteroatoms. The zero-order valence-corrected chi connectivity index (χ0v) is 20.5. The lowest BCUT2D eigenvalue weighted by atomic mass is 9.98. The Morgan fingerprint density at radius 2 is 1.85 bits per heavy atom. The second-order valence-corrected chi connectivity index (χ2v) is 8.51. The van der Waals surface area contributed by atoms with Crippen LogP contribution in [0.25, 0.3) is 6.08 Å². The highest BCUT2D eigenvalue weighted by molar-refractivity contribution is 5.99. The standard InChI is InChI=1S/C27H41NO5/c1-3-4-5-6-7-8-9-11-23-22-24(33-21-18-28-16-19-32-20-17-28)14-15-25(23)26(29)12-10-13-27(30)31-2/h9,11,14-15,22H,3-8,10,12-13,16-21H2,1-2H3/b11-9+. The number of carbonyl (C=O) groups is 2. The summed E-state index contributed by atoms with van der Waals surface area (Å²) >= 11 is 0. The Labute approximate surface area is 199 Å². The topological polar surface area (TPSA) is 65.1 Å². The number of carbonyl (C=O) groups excluding carboxylic acids is 2. The maximum atomic E-state index is 12.8. The van der Waals surface area contributed by atoms with Crippen molar-refractivity contribution in [2.45, 2.75) is 64.7 Å². The van der Waals surface area contributed by atoms with Gasteiger partial charge in [0.1, 0.15) is 12.4 Å². The number of hydrogen-bond acceptors (Lipinski definition) is 6. The molecule has 6 nitrogen and oxygen atoms in total. The van der Waals surface area contributed by atoms with E-state index in [-0.39, 0.29) is 18.2 Å². The molecule has 1 saturated heterocycles. The average Bonchev–Trinajstić information content (AvgIpc) is 2.84. The molecule has 0 saturated carbocycles. The minimum Gasteiger partial charge on any atom is -0.492 e. The van der Waals surface area contributed by atoms with Gasteiger partial charge < -0.3 is 14.2 Å². The summed E-state index contributed by atoms with van der Waals surface area (Å²) in [6, 6.07) is 5.68.